The van der Waals surface area contributed by atoms with Crippen molar-refractivity contribution in [2.24, 2.45) is 0 Å². The summed E-state index contributed by atoms with van der Waals surface area (Å²) in [7, 11) is 0. The maximum Gasteiger partial charge on any atom is 0.292 e. The van der Waals surface area contributed by atoms with E-state index in [0.29, 0.717) is 37.4 Å². The SMILES string of the molecule is O=C(c1ccccc1I)N1CCN(c2ccccc2[N+](=O)[O-])CC1. The van der Waals surface area contributed by atoms with Crippen molar-refractivity contribution in [2.75, 3.05) is 31.1 Å². The zero-order valence-electron chi connectivity index (χ0n) is 12.9. The summed E-state index contributed by atoms with van der Waals surface area (Å²) < 4.78 is 0.932. The molecule has 1 aliphatic rings. The molecule has 1 aliphatic heterocycles. The molecule has 0 N–H and O–H groups in total. The molecule has 7 heteroatoms. The minimum Gasteiger partial charge on any atom is -0.362 e. The summed E-state index contributed by atoms with van der Waals surface area (Å²) in [5, 5.41) is 11.2. The van der Waals surface area contributed by atoms with E-state index in [1.54, 1.807) is 18.2 Å². The Balaban J connectivity index is 1.72. The van der Waals surface area contributed by atoms with Crippen LogP contribution in [0, 0.1) is 13.7 Å². The van der Waals surface area contributed by atoms with Gasteiger partial charge in [0.1, 0.15) is 5.69 Å². The third-order valence-corrected chi connectivity index (χ3v) is 5.03. The zero-order chi connectivity index (χ0) is 17.1. The van der Waals surface area contributed by atoms with Crippen LogP contribution in [0.25, 0.3) is 0 Å². The summed E-state index contributed by atoms with van der Waals surface area (Å²) in [6.07, 6.45) is 0. The summed E-state index contributed by atoms with van der Waals surface area (Å²) in [6, 6.07) is 14.2. The highest BCUT2D eigenvalue weighted by Gasteiger charge is 2.26. The summed E-state index contributed by atoms with van der Waals surface area (Å²) in [5.41, 5.74) is 1.43. The van der Waals surface area contributed by atoms with Gasteiger partial charge in [0.2, 0.25) is 0 Å². The average Bonchev–Trinajstić information content (AvgIpc) is 2.62. The van der Waals surface area contributed by atoms with Gasteiger partial charge in [0, 0.05) is 35.8 Å². The van der Waals surface area contributed by atoms with Crippen LogP contribution in [0.15, 0.2) is 48.5 Å². The Kier molecular flexibility index (Phi) is 4.98. The number of para-hydroxylation sites is 2. The Hall–Kier alpha value is -2.16. The summed E-state index contributed by atoms with van der Waals surface area (Å²) in [5.74, 6) is 0.0159. The normalized spacial score (nSPS) is 14.5. The number of halogens is 1. The number of hydrogen-bond acceptors (Lipinski definition) is 4. The molecule has 1 amide bonds. The van der Waals surface area contributed by atoms with Gasteiger partial charge in [-0.15, -0.1) is 0 Å². The van der Waals surface area contributed by atoms with E-state index in [2.05, 4.69) is 22.6 Å². The topological polar surface area (TPSA) is 66.7 Å². The van der Waals surface area contributed by atoms with Crippen LogP contribution < -0.4 is 4.90 Å². The minimum absolute atomic E-state index is 0.0159. The lowest BCUT2D eigenvalue weighted by atomic mass is 10.1. The molecule has 0 aliphatic carbocycles. The molecule has 0 atom stereocenters. The molecule has 1 fully saturated rings. The van der Waals surface area contributed by atoms with Crippen LogP contribution in [-0.2, 0) is 0 Å². The number of piperazine rings is 1. The standard InChI is InChI=1S/C17H16IN3O3/c18-14-6-2-1-5-13(14)17(22)20-11-9-19(10-12-20)15-7-3-4-8-16(15)21(23)24/h1-8H,9-12H2. The van der Waals surface area contributed by atoms with Crippen LogP contribution in [0.4, 0.5) is 11.4 Å². The van der Waals surface area contributed by atoms with Crippen molar-refractivity contribution in [2.45, 2.75) is 0 Å². The lowest BCUT2D eigenvalue weighted by Crippen LogP contribution is -2.49. The lowest BCUT2D eigenvalue weighted by Gasteiger charge is -2.36. The van der Waals surface area contributed by atoms with Crippen molar-refractivity contribution in [3.8, 4) is 0 Å². The van der Waals surface area contributed by atoms with E-state index in [9.17, 15) is 14.9 Å². The number of hydrogen-bond donors (Lipinski definition) is 0. The molecule has 2 aromatic carbocycles. The molecule has 6 nitrogen and oxygen atoms in total. The maximum absolute atomic E-state index is 12.6. The van der Waals surface area contributed by atoms with Crippen molar-refractivity contribution in [1.82, 2.24) is 4.90 Å². The third-order valence-electron chi connectivity index (χ3n) is 4.09. The van der Waals surface area contributed by atoms with Crippen molar-refractivity contribution in [1.29, 1.82) is 0 Å². The number of anilines is 1. The molecule has 0 spiro atoms. The fourth-order valence-electron chi connectivity index (χ4n) is 2.84. The molecule has 0 unspecified atom stereocenters. The van der Waals surface area contributed by atoms with E-state index in [0.717, 1.165) is 3.57 Å². The largest absolute Gasteiger partial charge is 0.362 e. The first-order valence-corrected chi connectivity index (χ1v) is 8.68. The molecule has 1 saturated heterocycles. The first-order valence-electron chi connectivity index (χ1n) is 7.60. The summed E-state index contributed by atoms with van der Waals surface area (Å²) in [4.78, 5) is 27.2. The van der Waals surface area contributed by atoms with E-state index in [1.165, 1.54) is 6.07 Å². The van der Waals surface area contributed by atoms with E-state index < -0.39 is 0 Å². The Labute approximate surface area is 153 Å². The molecular weight excluding hydrogens is 421 g/mol. The number of rotatable bonds is 3. The predicted octanol–water partition coefficient (Wildman–Crippen LogP) is 3.16. The number of benzene rings is 2. The molecule has 2 aromatic rings. The van der Waals surface area contributed by atoms with E-state index in [1.807, 2.05) is 34.1 Å². The highest BCUT2D eigenvalue weighted by molar-refractivity contribution is 14.1. The van der Waals surface area contributed by atoms with Crippen molar-refractivity contribution >= 4 is 39.9 Å². The van der Waals surface area contributed by atoms with Gasteiger partial charge < -0.3 is 9.80 Å². The minimum atomic E-state index is -0.362. The Morgan fingerprint density at radius 3 is 2.29 bits per heavy atom. The molecule has 124 valence electrons. The second-order valence-electron chi connectivity index (χ2n) is 5.50. The van der Waals surface area contributed by atoms with Gasteiger partial charge in [0.25, 0.3) is 11.6 Å². The highest BCUT2D eigenvalue weighted by Crippen LogP contribution is 2.28. The van der Waals surface area contributed by atoms with Gasteiger partial charge in [-0.1, -0.05) is 24.3 Å². The van der Waals surface area contributed by atoms with Crippen LogP contribution in [0.2, 0.25) is 0 Å². The number of nitro benzene ring substituents is 1. The zero-order valence-corrected chi connectivity index (χ0v) is 15.0. The maximum atomic E-state index is 12.6. The number of carbonyl (C=O) groups excluding carboxylic acids is 1. The van der Waals surface area contributed by atoms with Gasteiger partial charge in [0.15, 0.2) is 0 Å². The number of amides is 1. The second-order valence-corrected chi connectivity index (χ2v) is 6.67. The third kappa shape index (κ3) is 3.35. The van der Waals surface area contributed by atoms with Gasteiger partial charge in [-0.2, -0.15) is 0 Å². The molecule has 0 radical (unpaired) electrons. The Morgan fingerprint density at radius 1 is 1.00 bits per heavy atom. The first-order chi connectivity index (χ1) is 11.6. The van der Waals surface area contributed by atoms with Crippen LogP contribution in [0.1, 0.15) is 10.4 Å². The van der Waals surface area contributed by atoms with Crippen LogP contribution in [-0.4, -0.2) is 41.9 Å². The number of nitro groups is 1. The monoisotopic (exact) mass is 437 g/mol. The van der Waals surface area contributed by atoms with Crippen molar-refractivity contribution < 1.29 is 9.72 Å². The highest BCUT2D eigenvalue weighted by atomic mass is 127. The van der Waals surface area contributed by atoms with Crippen molar-refractivity contribution in [3.05, 3.63) is 67.8 Å². The van der Waals surface area contributed by atoms with Crippen molar-refractivity contribution in [3.63, 3.8) is 0 Å². The fourth-order valence-corrected chi connectivity index (χ4v) is 3.46. The van der Waals surface area contributed by atoms with Gasteiger partial charge in [-0.25, -0.2) is 0 Å². The first kappa shape index (κ1) is 16.7. The molecule has 0 aromatic heterocycles. The molecule has 0 bridgehead atoms. The Morgan fingerprint density at radius 2 is 1.62 bits per heavy atom. The van der Waals surface area contributed by atoms with Crippen LogP contribution in [0.3, 0.4) is 0 Å². The average molecular weight is 437 g/mol. The van der Waals surface area contributed by atoms with E-state index >= 15 is 0 Å². The van der Waals surface area contributed by atoms with Gasteiger partial charge in [-0.3, -0.25) is 14.9 Å². The molecular formula is C17H16IN3O3. The van der Waals surface area contributed by atoms with Gasteiger partial charge >= 0.3 is 0 Å². The van der Waals surface area contributed by atoms with E-state index in [-0.39, 0.29) is 16.5 Å². The second kappa shape index (κ2) is 7.16. The molecule has 0 saturated carbocycles. The van der Waals surface area contributed by atoms with Gasteiger partial charge in [0.05, 0.1) is 10.5 Å². The fraction of sp³-hybridized carbons (Fsp3) is 0.235. The number of carbonyl (C=O) groups is 1. The van der Waals surface area contributed by atoms with Gasteiger partial charge in [-0.05, 0) is 40.8 Å². The smallest absolute Gasteiger partial charge is 0.292 e. The Bertz CT molecular complexity index is 773. The summed E-state index contributed by atoms with van der Waals surface area (Å²) >= 11 is 2.16. The lowest BCUT2D eigenvalue weighted by molar-refractivity contribution is -0.384. The quantitative estimate of drug-likeness (QED) is 0.421. The van der Waals surface area contributed by atoms with E-state index in [4.69, 9.17) is 0 Å². The predicted molar refractivity (Wildman–Crippen MR) is 100 cm³/mol. The molecule has 3 rings (SSSR count). The summed E-state index contributed by atoms with van der Waals surface area (Å²) in [6.45, 7) is 2.27. The molecule has 1 heterocycles. The van der Waals surface area contributed by atoms with Crippen LogP contribution in [0.5, 0.6) is 0 Å². The molecule has 24 heavy (non-hydrogen) atoms. The van der Waals surface area contributed by atoms with Crippen LogP contribution >= 0.6 is 22.6 Å². The number of nitrogens with zero attached hydrogens (tertiary/aromatic N) is 3.